The molecule has 5 heteroatoms. The Morgan fingerprint density at radius 2 is 2.45 bits per heavy atom. The summed E-state index contributed by atoms with van der Waals surface area (Å²) in [6.07, 6.45) is 3.52. The van der Waals surface area contributed by atoms with Crippen LogP contribution in [0.5, 0.6) is 0 Å². The van der Waals surface area contributed by atoms with Crippen LogP contribution in [0.25, 0.3) is 0 Å². The summed E-state index contributed by atoms with van der Waals surface area (Å²) in [5, 5.41) is 12.9. The van der Waals surface area contributed by atoms with Gasteiger partial charge in [0.15, 0.2) is 5.82 Å². The van der Waals surface area contributed by atoms with Crippen molar-refractivity contribution in [3.8, 4) is 0 Å². The Balaban J connectivity index is 2.14. The topological polar surface area (TPSA) is 69.4 Å². The van der Waals surface area contributed by atoms with E-state index in [2.05, 4.69) is 25.7 Å². The average Bonchev–Trinajstić information content (AvgIpc) is 2.60. The van der Waals surface area contributed by atoms with E-state index in [1.54, 1.807) is 6.20 Å². The summed E-state index contributed by atoms with van der Waals surface area (Å²) in [5.74, 6) is 1.60. The third kappa shape index (κ3) is 1.21. The highest BCUT2D eigenvalue weighted by atomic mass is 15.4. The second-order valence-electron chi connectivity index (χ2n) is 2.07. The van der Waals surface area contributed by atoms with Gasteiger partial charge in [-0.1, -0.05) is 5.21 Å². The minimum atomic E-state index is 0.701. The molecule has 0 aromatic carbocycles. The number of nitrogens with zero attached hydrogens (tertiary/aromatic N) is 2. The number of H-pyrrole nitrogens is 2. The van der Waals surface area contributed by atoms with Gasteiger partial charge >= 0.3 is 0 Å². The van der Waals surface area contributed by atoms with Gasteiger partial charge in [-0.2, -0.15) is 0 Å². The highest BCUT2D eigenvalue weighted by Crippen LogP contribution is 2.08. The molecule has 0 saturated carbocycles. The average molecular weight is 149 g/mol. The molecule has 0 aliphatic rings. The lowest BCUT2D eigenvalue weighted by Gasteiger charge is -1.94. The van der Waals surface area contributed by atoms with Crippen molar-refractivity contribution >= 4 is 11.6 Å². The van der Waals surface area contributed by atoms with Gasteiger partial charge < -0.3 is 10.3 Å². The van der Waals surface area contributed by atoms with Crippen molar-refractivity contribution in [2.24, 2.45) is 0 Å². The minimum Gasteiger partial charge on any atom is -0.348 e. The van der Waals surface area contributed by atoms with E-state index in [0.717, 1.165) is 5.82 Å². The molecule has 0 atom stereocenters. The van der Waals surface area contributed by atoms with Crippen LogP contribution in [0.2, 0.25) is 0 Å². The molecule has 56 valence electrons. The molecule has 0 unspecified atom stereocenters. The fraction of sp³-hybridized carbons (Fsp3) is 0. The van der Waals surface area contributed by atoms with Crippen molar-refractivity contribution in [2.75, 3.05) is 5.32 Å². The summed E-state index contributed by atoms with van der Waals surface area (Å²) in [6.45, 7) is 0. The van der Waals surface area contributed by atoms with Gasteiger partial charge in [0, 0.05) is 6.20 Å². The van der Waals surface area contributed by atoms with E-state index in [9.17, 15) is 0 Å². The van der Waals surface area contributed by atoms with Gasteiger partial charge in [-0.3, -0.25) is 5.10 Å². The van der Waals surface area contributed by atoms with Crippen molar-refractivity contribution in [1.29, 1.82) is 0 Å². The lowest BCUT2D eigenvalue weighted by atomic mass is 10.6. The van der Waals surface area contributed by atoms with E-state index < -0.39 is 0 Å². The second-order valence-corrected chi connectivity index (χ2v) is 2.07. The van der Waals surface area contributed by atoms with E-state index in [1.165, 1.54) is 0 Å². The number of aromatic amines is 2. The van der Waals surface area contributed by atoms with Gasteiger partial charge in [-0.15, -0.1) is 5.10 Å². The van der Waals surface area contributed by atoms with E-state index in [1.807, 2.05) is 18.3 Å². The molecule has 0 aliphatic heterocycles. The van der Waals surface area contributed by atoms with Crippen molar-refractivity contribution < 1.29 is 0 Å². The van der Waals surface area contributed by atoms with Crippen LogP contribution < -0.4 is 5.32 Å². The molecule has 2 aromatic heterocycles. The van der Waals surface area contributed by atoms with Gasteiger partial charge in [0.2, 0.25) is 0 Å². The lowest BCUT2D eigenvalue weighted by Crippen LogP contribution is -1.89. The lowest BCUT2D eigenvalue weighted by molar-refractivity contribution is 0.941. The van der Waals surface area contributed by atoms with Crippen LogP contribution in [0.1, 0.15) is 0 Å². The Morgan fingerprint density at radius 1 is 1.45 bits per heavy atom. The Labute approximate surface area is 62.8 Å². The molecule has 2 heterocycles. The van der Waals surface area contributed by atoms with Crippen molar-refractivity contribution in [2.45, 2.75) is 0 Å². The van der Waals surface area contributed by atoms with E-state index >= 15 is 0 Å². The van der Waals surface area contributed by atoms with Gasteiger partial charge in [0.05, 0.1) is 6.20 Å². The first-order valence-electron chi connectivity index (χ1n) is 3.22. The zero-order valence-corrected chi connectivity index (χ0v) is 5.70. The molecule has 0 spiro atoms. The van der Waals surface area contributed by atoms with Crippen LogP contribution in [0.3, 0.4) is 0 Å². The number of nitrogens with one attached hydrogen (secondary N) is 3. The monoisotopic (exact) mass is 149 g/mol. The summed E-state index contributed by atoms with van der Waals surface area (Å²) in [6, 6.07) is 3.82. The number of anilines is 2. The van der Waals surface area contributed by atoms with E-state index in [0.29, 0.717) is 5.82 Å². The zero-order chi connectivity index (χ0) is 7.52. The third-order valence-electron chi connectivity index (χ3n) is 1.28. The van der Waals surface area contributed by atoms with Gasteiger partial charge in [0.25, 0.3) is 0 Å². The molecular weight excluding hydrogens is 142 g/mol. The van der Waals surface area contributed by atoms with Gasteiger partial charge in [-0.05, 0) is 12.1 Å². The summed E-state index contributed by atoms with van der Waals surface area (Å²) >= 11 is 0. The molecule has 0 amide bonds. The van der Waals surface area contributed by atoms with Crippen molar-refractivity contribution in [1.82, 2.24) is 20.4 Å². The predicted octanol–water partition coefficient (Wildman–Crippen LogP) is 0.876. The highest BCUT2D eigenvalue weighted by molar-refractivity contribution is 5.49. The van der Waals surface area contributed by atoms with E-state index in [4.69, 9.17) is 0 Å². The van der Waals surface area contributed by atoms with Crippen LogP contribution in [0, 0.1) is 0 Å². The molecule has 0 fully saturated rings. The predicted molar refractivity (Wildman–Crippen MR) is 40.5 cm³/mol. The van der Waals surface area contributed by atoms with Gasteiger partial charge in [-0.25, -0.2) is 0 Å². The second kappa shape index (κ2) is 2.45. The van der Waals surface area contributed by atoms with Gasteiger partial charge in [0.1, 0.15) is 5.82 Å². The number of aromatic nitrogens is 4. The maximum Gasteiger partial charge on any atom is 0.173 e. The first-order chi connectivity index (χ1) is 5.45. The molecule has 11 heavy (non-hydrogen) atoms. The summed E-state index contributed by atoms with van der Waals surface area (Å²) in [7, 11) is 0. The Morgan fingerprint density at radius 3 is 3.09 bits per heavy atom. The first kappa shape index (κ1) is 5.96. The number of hydrogen-bond donors (Lipinski definition) is 3. The largest absolute Gasteiger partial charge is 0.348 e. The molecule has 0 saturated heterocycles. The molecule has 2 rings (SSSR count). The highest BCUT2D eigenvalue weighted by Gasteiger charge is 1.94. The summed E-state index contributed by atoms with van der Waals surface area (Å²) in [5.41, 5.74) is 0. The standard InChI is InChI=1S/C6H7N5/c1-2-5(7-3-1)9-6-4-8-11-10-6/h1-4,7H,(H2,8,9,10,11). The Hall–Kier alpha value is -1.78. The fourth-order valence-electron chi connectivity index (χ4n) is 0.809. The quantitative estimate of drug-likeness (QED) is 0.593. The molecule has 0 bridgehead atoms. The molecule has 0 aliphatic carbocycles. The maximum absolute atomic E-state index is 3.75. The normalized spacial score (nSPS) is 9.82. The molecular formula is C6H7N5. The summed E-state index contributed by atoms with van der Waals surface area (Å²) in [4.78, 5) is 2.98. The van der Waals surface area contributed by atoms with Crippen LogP contribution in [0.4, 0.5) is 11.6 Å². The minimum absolute atomic E-state index is 0.701. The molecule has 2 aromatic rings. The number of rotatable bonds is 2. The molecule has 0 radical (unpaired) electrons. The van der Waals surface area contributed by atoms with Crippen LogP contribution >= 0.6 is 0 Å². The smallest absolute Gasteiger partial charge is 0.173 e. The number of hydrogen-bond acceptors (Lipinski definition) is 3. The van der Waals surface area contributed by atoms with Crippen LogP contribution in [0.15, 0.2) is 24.5 Å². The summed E-state index contributed by atoms with van der Waals surface area (Å²) < 4.78 is 0. The molecule has 3 N–H and O–H groups in total. The van der Waals surface area contributed by atoms with Crippen LogP contribution in [-0.2, 0) is 0 Å². The fourth-order valence-corrected chi connectivity index (χ4v) is 0.809. The Kier molecular flexibility index (Phi) is 1.33. The van der Waals surface area contributed by atoms with Crippen molar-refractivity contribution in [3.63, 3.8) is 0 Å². The maximum atomic E-state index is 3.75. The SMILES string of the molecule is c1c[nH]c(Nc2c[nH]nn2)c1. The van der Waals surface area contributed by atoms with Crippen LogP contribution in [-0.4, -0.2) is 20.4 Å². The third-order valence-corrected chi connectivity index (χ3v) is 1.28. The van der Waals surface area contributed by atoms with E-state index in [-0.39, 0.29) is 0 Å². The molecule has 5 nitrogen and oxygen atoms in total. The van der Waals surface area contributed by atoms with Crippen molar-refractivity contribution in [3.05, 3.63) is 24.5 Å². The zero-order valence-electron chi connectivity index (χ0n) is 5.70. The first-order valence-corrected chi connectivity index (χ1v) is 3.22. The Bertz CT molecular complexity index is 263.